The number of carbonyl (C=O) groups is 2. The predicted molar refractivity (Wildman–Crippen MR) is 106 cm³/mol. The number of amides is 3. The third-order valence-electron chi connectivity index (χ3n) is 3.89. The van der Waals surface area contributed by atoms with E-state index in [-0.39, 0.29) is 17.9 Å². The maximum atomic E-state index is 12.1. The maximum absolute atomic E-state index is 12.1. The van der Waals surface area contributed by atoms with Gasteiger partial charge in [0.1, 0.15) is 0 Å². The Labute approximate surface area is 154 Å². The van der Waals surface area contributed by atoms with Crippen molar-refractivity contribution in [3.63, 3.8) is 0 Å². The van der Waals surface area contributed by atoms with Crippen LogP contribution in [0.1, 0.15) is 13.8 Å². The minimum Gasteiger partial charge on any atom is -0.354 e. The average molecular weight is 354 g/mol. The van der Waals surface area contributed by atoms with E-state index in [1.807, 2.05) is 80.4 Å². The van der Waals surface area contributed by atoms with Gasteiger partial charge in [0.2, 0.25) is 5.91 Å². The molecular weight excluding hydrogens is 328 g/mol. The predicted octanol–water partition coefficient (Wildman–Crippen LogP) is 3.35. The van der Waals surface area contributed by atoms with Crippen LogP contribution < -0.4 is 20.9 Å². The lowest BCUT2D eigenvalue weighted by molar-refractivity contribution is -0.123. The summed E-state index contributed by atoms with van der Waals surface area (Å²) in [6, 6.07) is 17.2. The van der Waals surface area contributed by atoms with Crippen molar-refractivity contribution < 1.29 is 9.59 Å². The Hall–Kier alpha value is -3.02. The molecule has 0 heterocycles. The minimum atomic E-state index is -0.308. The van der Waals surface area contributed by atoms with Crippen molar-refractivity contribution in [2.24, 2.45) is 5.92 Å². The molecule has 138 valence electrons. The molecule has 0 saturated heterocycles. The van der Waals surface area contributed by atoms with Gasteiger partial charge < -0.3 is 20.9 Å². The standard InChI is InChI=1S/C20H26N4O2/c1-15(2)19(25)21-13-14-22-20(26)23-17-11-7-8-12-18(17)24(3)16-9-5-4-6-10-16/h4-12,15H,13-14H2,1-3H3,(H,21,25)(H2,22,23,26). The quantitative estimate of drug-likeness (QED) is 0.668. The largest absolute Gasteiger partial charge is 0.354 e. The summed E-state index contributed by atoms with van der Waals surface area (Å²) < 4.78 is 0. The third-order valence-corrected chi connectivity index (χ3v) is 3.89. The smallest absolute Gasteiger partial charge is 0.319 e. The highest BCUT2D eigenvalue weighted by Gasteiger charge is 2.11. The summed E-state index contributed by atoms with van der Waals surface area (Å²) >= 11 is 0. The number of benzene rings is 2. The highest BCUT2D eigenvalue weighted by Crippen LogP contribution is 2.30. The molecule has 26 heavy (non-hydrogen) atoms. The zero-order valence-electron chi connectivity index (χ0n) is 15.5. The molecule has 0 unspecified atom stereocenters. The number of hydrogen-bond donors (Lipinski definition) is 3. The van der Waals surface area contributed by atoms with Crippen LogP contribution in [0.25, 0.3) is 0 Å². The van der Waals surface area contributed by atoms with Crippen molar-refractivity contribution in [1.82, 2.24) is 10.6 Å². The molecule has 6 nitrogen and oxygen atoms in total. The van der Waals surface area contributed by atoms with E-state index in [0.29, 0.717) is 18.8 Å². The Morgan fingerprint density at radius 2 is 1.54 bits per heavy atom. The van der Waals surface area contributed by atoms with Gasteiger partial charge in [0.05, 0.1) is 11.4 Å². The number of hydrogen-bond acceptors (Lipinski definition) is 3. The van der Waals surface area contributed by atoms with Gasteiger partial charge in [-0.2, -0.15) is 0 Å². The van der Waals surface area contributed by atoms with Gasteiger partial charge in [0.15, 0.2) is 0 Å². The molecule has 0 aliphatic heterocycles. The second kappa shape index (κ2) is 9.46. The highest BCUT2D eigenvalue weighted by molar-refractivity contribution is 5.94. The van der Waals surface area contributed by atoms with Crippen LogP contribution in [0.4, 0.5) is 21.9 Å². The summed E-state index contributed by atoms with van der Waals surface area (Å²) in [5, 5.41) is 8.38. The molecule has 0 saturated carbocycles. The number of rotatable bonds is 7. The van der Waals surface area contributed by atoms with E-state index in [1.165, 1.54) is 0 Å². The van der Waals surface area contributed by atoms with Crippen LogP contribution in [-0.4, -0.2) is 32.1 Å². The third kappa shape index (κ3) is 5.51. The van der Waals surface area contributed by atoms with Gasteiger partial charge in [-0.15, -0.1) is 0 Å². The van der Waals surface area contributed by atoms with Crippen molar-refractivity contribution in [2.45, 2.75) is 13.8 Å². The summed E-state index contributed by atoms with van der Waals surface area (Å²) in [6.07, 6.45) is 0. The van der Waals surface area contributed by atoms with Crippen LogP contribution in [0.3, 0.4) is 0 Å². The monoisotopic (exact) mass is 354 g/mol. The highest BCUT2D eigenvalue weighted by atomic mass is 16.2. The van der Waals surface area contributed by atoms with Crippen LogP contribution in [-0.2, 0) is 4.79 Å². The zero-order valence-corrected chi connectivity index (χ0v) is 15.5. The summed E-state index contributed by atoms with van der Waals surface area (Å²) in [6.45, 7) is 4.42. The SMILES string of the molecule is CC(C)C(=O)NCCNC(=O)Nc1ccccc1N(C)c1ccccc1. The number of urea groups is 1. The van der Waals surface area contributed by atoms with E-state index in [4.69, 9.17) is 0 Å². The van der Waals surface area contributed by atoms with Crippen LogP contribution in [0.15, 0.2) is 54.6 Å². The van der Waals surface area contributed by atoms with Crippen molar-refractivity contribution in [2.75, 3.05) is 30.4 Å². The summed E-state index contributed by atoms with van der Waals surface area (Å²) in [5.74, 6) is -0.0914. The Morgan fingerprint density at radius 1 is 0.923 bits per heavy atom. The van der Waals surface area contributed by atoms with Crippen molar-refractivity contribution in [1.29, 1.82) is 0 Å². The average Bonchev–Trinajstić information content (AvgIpc) is 2.65. The van der Waals surface area contributed by atoms with Gasteiger partial charge in [-0.3, -0.25) is 4.79 Å². The molecule has 0 bridgehead atoms. The molecule has 0 atom stereocenters. The first-order valence-electron chi connectivity index (χ1n) is 8.69. The molecule has 0 spiro atoms. The van der Waals surface area contributed by atoms with Gasteiger partial charge in [-0.05, 0) is 24.3 Å². The van der Waals surface area contributed by atoms with E-state index >= 15 is 0 Å². The minimum absolute atomic E-state index is 0.0259. The van der Waals surface area contributed by atoms with Crippen molar-refractivity contribution >= 4 is 29.0 Å². The van der Waals surface area contributed by atoms with E-state index < -0.39 is 0 Å². The molecule has 3 N–H and O–H groups in total. The summed E-state index contributed by atoms with van der Waals surface area (Å²) in [5.41, 5.74) is 2.63. The topological polar surface area (TPSA) is 73.5 Å². The number of nitrogens with one attached hydrogen (secondary N) is 3. The van der Waals surface area contributed by atoms with Crippen LogP contribution in [0.5, 0.6) is 0 Å². The lowest BCUT2D eigenvalue weighted by atomic mass is 10.2. The molecule has 6 heteroatoms. The molecule has 0 aromatic heterocycles. The van der Waals surface area contributed by atoms with Crippen molar-refractivity contribution in [3.8, 4) is 0 Å². The number of anilines is 3. The van der Waals surface area contributed by atoms with Crippen molar-refractivity contribution in [3.05, 3.63) is 54.6 Å². The fraction of sp³-hybridized carbons (Fsp3) is 0.300. The van der Waals surface area contributed by atoms with Gasteiger partial charge >= 0.3 is 6.03 Å². The first-order valence-corrected chi connectivity index (χ1v) is 8.69. The molecule has 2 aromatic carbocycles. The lowest BCUT2D eigenvalue weighted by Crippen LogP contribution is -2.38. The van der Waals surface area contributed by atoms with E-state index in [2.05, 4.69) is 16.0 Å². The molecule has 0 radical (unpaired) electrons. The first kappa shape index (κ1) is 19.3. The van der Waals surface area contributed by atoms with Crippen LogP contribution >= 0.6 is 0 Å². The molecule has 0 aliphatic carbocycles. The molecule has 0 fully saturated rings. The fourth-order valence-electron chi connectivity index (χ4n) is 2.39. The Morgan fingerprint density at radius 3 is 2.23 bits per heavy atom. The number of para-hydroxylation sites is 3. The first-order chi connectivity index (χ1) is 12.5. The second-order valence-corrected chi connectivity index (χ2v) is 6.24. The molecular formula is C20H26N4O2. The molecule has 2 rings (SSSR count). The van der Waals surface area contributed by atoms with Gasteiger partial charge in [0, 0.05) is 31.7 Å². The Bertz CT molecular complexity index is 732. The Kier molecular flexibility index (Phi) is 7.02. The Balaban J connectivity index is 1.93. The zero-order chi connectivity index (χ0) is 18.9. The molecule has 3 amide bonds. The summed E-state index contributed by atoms with van der Waals surface area (Å²) in [7, 11) is 1.95. The van der Waals surface area contributed by atoms with Gasteiger partial charge in [0.25, 0.3) is 0 Å². The van der Waals surface area contributed by atoms with E-state index in [9.17, 15) is 9.59 Å². The normalized spacial score (nSPS) is 10.3. The summed E-state index contributed by atoms with van der Waals surface area (Å²) in [4.78, 5) is 25.6. The fourth-order valence-corrected chi connectivity index (χ4v) is 2.39. The molecule has 0 aliphatic rings. The van der Waals surface area contributed by atoms with Crippen LogP contribution in [0, 0.1) is 5.92 Å². The second-order valence-electron chi connectivity index (χ2n) is 6.24. The number of nitrogens with zero attached hydrogens (tertiary/aromatic N) is 1. The van der Waals surface area contributed by atoms with Crippen LogP contribution in [0.2, 0.25) is 0 Å². The van der Waals surface area contributed by atoms with Gasteiger partial charge in [-0.25, -0.2) is 4.79 Å². The number of carbonyl (C=O) groups excluding carboxylic acids is 2. The lowest BCUT2D eigenvalue weighted by Gasteiger charge is -2.22. The maximum Gasteiger partial charge on any atom is 0.319 e. The molecule has 2 aromatic rings. The van der Waals surface area contributed by atoms with E-state index in [0.717, 1.165) is 11.4 Å². The van der Waals surface area contributed by atoms with E-state index in [1.54, 1.807) is 0 Å². The van der Waals surface area contributed by atoms with Gasteiger partial charge in [-0.1, -0.05) is 44.2 Å².